The van der Waals surface area contributed by atoms with Crippen LogP contribution in [0.2, 0.25) is 0 Å². The Bertz CT molecular complexity index is 1040. The highest BCUT2D eigenvalue weighted by atomic mass is 79.9. The molecule has 160 valence electrons. The van der Waals surface area contributed by atoms with Gasteiger partial charge in [-0.1, -0.05) is 6.08 Å². The number of hydrogen-bond donors (Lipinski definition) is 1. The molecule has 3 rings (SSSR count). The number of carbonyl (C=O) groups is 1. The van der Waals surface area contributed by atoms with E-state index >= 15 is 0 Å². The first-order valence-corrected chi connectivity index (χ1v) is 11.6. The zero-order valence-corrected chi connectivity index (χ0v) is 18.8. The van der Waals surface area contributed by atoms with Gasteiger partial charge in [0.05, 0.1) is 29.2 Å². The van der Waals surface area contributed by atoms with Crippen LogP contribution in [0.3, 0.4) is 0 Å². The van der Waals surface area contributed by atoms with E-state index in [1.54, 1.807) is 18.2 Å². The van der Waals surface area contributed by atoms with Gasteiger partial charge in [-0.15, -0.1) is 0 Å². The van der Waals surface area contributed by atoms with Crippen LogP contribution in [-0.4, -0.2) is 56.5 Å². The zero-order valence-electron chi connectivity index (χ0n) is 16.4. The molecule has 1 aliphatic heterocycles. The first kappa shape index (κ1) is 22.5. The number of sulfonamides is 1. The summed E-state index contributed by atoms with van der Waals surface area (Å²) in [6.07, 6.45) is 2.99. The van der Waals surface area contributed by atoms with Gasteiger partial charge in [-0.2, -0.15) is 4.31 Å². The van der Waals surface area contributed by atoms with E-state index in [0.29, 0.717) is 54.3 Å². The van der Waals surface area contributed by atoms with Gasteiger partial charge >= 0.3 is 0 Å². The summed E-state index contributed by atoms with van der Waals surface area (Å²) in [5, 5.41) is 9.97. The van der Waals surface area contributed by atoms with Gasteiger partial charge in [0.1, 0.15) is 0 Å². The second-order valence-electron chi connectivity index (χ2n) is 6.52. The minimum atomic E-state index is -3.60. The van der Waals surface area contributed by atoms with Crippen molar-refractivity contribution in [3.05, 3.63) is 58.1 Å². The molecule has 7 nitrogen and oxygen atoms in total. The van der Waals surface area contributed by atoms with E-state index < -0.39 is 10.0 Å². The number of carbonyl (C=O) groups excluding carboxylic acids is 1. The highest BCUT2D eigenvalue weighted by Crippen LogP contribution is 2.35. The van der Waals surface area contributed by atoms with E-state index in [4.69, 9.17) is 9.47 Å². The summed E-state index contributed by atoms with van der Waals surface area (Å²) in [6, 6.07) is 9.17. The molecule has 1 saturated heterocycles. The number of ether oxygens (including phenoxy) is 2. The van der Waals surface area contributed by atoms with E-state index in [1.807, 2.05) is 6.92 Å². The molecule has 0 radical (unpaired) electrons. The van der Waals surface area contributed by atoms with Gasteiger partial charge in [-0.25, -0.2) is 8.42 Å². The Hall–Kier alpha value is -2.20. The molecule has 1 N–H and O–H groups in total. The van der Waals surface area contributed by atoms with Gasteiger partial charge in [-0.3, -0.25) is 4.79 Å². The SMILES string of the molecule is CCOc1cc(/C=C\C(=O)c2ccc(S(=O)(=O)N3CCOCC3)cc2)cc(Br)c1O. The third kappa shape index (κ3) is 5.10. The summed E-state index contributed by atoms with van der Waals surface area (Å²) in [5.41, 5.74) is 1.04. The summed E-state index contributed by atoms with van der Waals surface area (Å²) in [7, 11) is -3.60. The molecule has 0 aliphatic carbocycles. The number of phenols is 1. The number of rotatable bonds is 7. The molecule has 9 heteroatoms. The van der Waals surface area contributed by atoms with E-state index in [2.05, 4.69) is 15.9 Å². The van der Waals surface area contributed by atoms with Crippen LogP contribution in [-0.2, 0) is 14.8 Å². The fraction of sp³-hybridized carbons (Fsp3) is 0.286. The Kier molecular flexibility index (Phi) is 7.30. The fourth-order valence-electron chi connectivity index (χ4n) is 2.95. The normalized spacial score (nSPS) is 15.4. The molecule has 1 fully saturated rings. The number of halogens is 1. The predicted octanol–water partition coefficient (Wildman–Crippen LogP) is 3.47. The van der Waals surface area contributed by atoms with Crippen molar-refractivity contribution < 1.29 is 27.8 Å². The molecule has 0 spiro atoms. The number of allylic oxidation sites excluding steroid dienone is 1. The minimum absolute atomic E-state index is 0.00241. The average Bonchev–Trinajstić information content (AvgIpc) is 2.76. The molecule has 0 atom stereocenters. The molecule has 0 aromatic heterocycles. The van der Waals surface area contributed by atoms with E-state index in [9.17, 15) is 18.3 Å². The predicted molar refractivity (Wildman–Crippen MR) is 116 cm³/mol. The number of benzene rings is 2. The Morgan fingerprint density at radius 1 is 1.23 bits per heavy atom. The molecular formula is C21H22BrNO6S. The molecular weight excluding hydrogens is 474 g/mol. The van der Waals surface area contributed by atoms with Crippen LogP contribution in [0.25, 0.3) is 6.08 Å². The molecule has 1 heterocycles. The monoisotopic (exact) mass is 495 g/mol. The molecule has 2 aromatic carbocycles. The summed E-state index contributed by atoms with van der Waals surface area (Å²) in [6.45, 7) is 3.58. The van der Waals surface area contributed by atoms with Crippen molar-refractivity contribution in [1.29, 1.82) is 0 Å². The van der Waals surface area contributed by atoms with Crippen LogP contribution in [0.15, 0.2) is 51.8 Å². The largest absolute Gasteiger partial charge is 0.503 e. The van der Waals surface area contributed by atoms with Crippen molar-refractivity contribution in [3.63, 3.8) is 0 Å². The first-order chi connectivity index (χ1) is 14.3. The molecule has 0 bridgehead atoms. The van der Waals surface area contributed by atoms with Crippen molar-refractivity contribution in [3.8, 4) is 11.5 Å². The lowest BCUT2D eigenvalue weighted by Gasteiger charge is -2.26. The third-order valence-corrected chi connectivity index (χ3v) is 7.04. The van der Waals surface area contributed by atoms with Crippen LogP contribution in [0.5, 0.6) is 11.5 Å². The van der Waals surface area contributed by atoms with Gasteiger partial charge in [0.15, 0.2) is 17.3 Å². The smallest absolute Gasteiger partial charge is 0.243 e. The Labute approximate surface area is 184 Å². The van der Waals surface area contributed by atoms with Crippen LogP contribution in [0.4, 0.5) is 0 Å². The van der Waals surface area contributed by atoms with Gasteiger partial charge in [0, 0.05) is 18.7 Å². The molecule has 0 amide bonds. The second kappa shape index (κ2) is 9.74. The number of aromatic hydroxyl groups is 1. The number of phenolic OH excluding ortho intramolecular Hbond substituents is 1. The van der Waals surface area contributed by atoms with Crippen molar-refractivity contribution in [2.75, 3.05) is 32.9 Å². The lowest BCUT2D eigenvalue weighted by Crippen LogP contribution is -2.40. The lowest BCUT2D eigenvalue weighted by atomic mass is 10.1. The number of hydrogen-bond acceptors (Lipinski definition) is 6. The molecule has 2 aromatic rings. The van der Waals surface area contributed by atoms with Gasteiger partial charge in [0.2, 0.25) is 10.0 Å². The fourth-order valence-corrected chi connectivity index (χ4v) is 4.82. The van der Waals surface area contributed by atoms with Crippen molar-refractivity contribution in [2.24, 2.45) is 0 Å². The first-order valence-electron chi connectivity index (χ1n) is 9.38. The highest BCUT2D eigenvalue weighted by molar-refractivity contribution is 9.10. The average molecular weight is 496 g/mol. The summed E-state index contributed by atoms with van der Waals surface area (Å²) in [4.78, 5) is 12.6. The summed E-state index contributed by atoms with van der Waals surface area (Å²) in [5.74, 6) is 0.0431. The topological polar surface area (TPSA) is 93.1 Å². The van der Waals surface area contributed by atoms with Gasteiger partial charge in [0.25, 0.3) is 0 Å². The van der Waals surface area contributed by atoms with Crippen LogP contribution >= 0.6 is 15.9 Å². The maximum absolute atomic E-state index is 12.7. The van der Waals surface area contributed by atoms with Crippen molar-refractivity contribution >= 4 is 37.8 Å². The van der Waals surface area contributed by atoms with Gasteiger partial charge < -0.3 is 14.6 Å². The molecule has 0 saturated carbocycles. The highest BCUT2D eigenvalue weighted by Gasteiger charge is 2.26. The quantitative estimate of drug-likeness (QED) is 0.466. The van der Waals surface area contributed by atoms with Crippen LogP contribution < -0.4 is 4.74 Å². The Balaban J connectivity index is 1.75. The standard InChI is InChI=1S/C21H22BrNO6S/c1-2-29-20-14-15(13-18(22)21(20)25)3-8-19(24)16-4-6-17(7-5-16)30(26,27)23-9-11-28-12-10-23/h3-8,13-14,25H,2,9-12H2,1H3/b8-3-. The maximum atomic E-state index is 12.7. The Morgan fingerprint density at radius 3 is 2.53 bits per heavy atom. The van der Waals surface area contributed by atoms with E-state index in [1.165, 1.54) is 34.6 Å². The lowest BCUT2D eigenvalue weighted by molar-refractivity contribution is 0.0730. The molecule has 1 aliphatic rings. The zero-order chi connectivity index (χ0) is 21.7. The van der Waals surface area contributed by atoms with E-state index in [-0.39, 0.29) is 16.4 Å². The van der Waals surface area contributed by atoms with Crippen molar-refractivity contribution in [1.82, 2.24) is 4.31 Å². The third-order valence-electron chi connectivity index (χ3n) is 4.52. The van der Waals surface area contributed by atoms with E-state index in [0.717, 1.165) is 0 Å². The van der Waals surface area contributed by atoms with Crippen molar-refractivity contribution in [2.45, 2.75) is 11.8 Å². The van der Waals surface area contributed by atoms with Crippen LogP contribution in [0, 0.1) is 0 Å². The van der Waals surface area contributed by atoms with Crippen LogP contribution in [0.1, 0.15) is 22.8 Å². The summed E-state index contributed by atoms with van der Waals surface area (Å²) < 4.78 is 37.7. The Morgan fingerprint density at radius 2 is 1.90 bits per heavy atom. The van der Waals surface area contributed by atoms with Gasteiger partial charge in [-0.05, 0) is 70.9 Å². The summed E-state index contributed by atoms with van der Waals surface area (Å²) >= 11 is 3.26. The number of nitrogens with zero attached hydrogens (tertiary/aromatic N) is 1. The molecule has 0 unspecified atom stereocenters. The number of ketones is 1. The second-order valence-corrected chi connectivity index (χ2v) is 9.31. The molecule has 30 heavy (non-hydrogen) atoms. The minimum Gasteiger partial charge on any atom is -0.503 e. The maximum Gasteiger partial charge on any atom is 0.243 e. The number of morpholine rings is 1.